The van der Waals surface area contributed by atoms with Gasteiger partial charge < -0.3 is 14.3 Å². The predicted molar refractivity (Wildman–Crippen MR) is 140 cm³/mol. The molecule has 2 heterocycles. The van der Waals surface area contributed by atoms with Crippen LogP contribution in [0.3, 0.4) is 0 Å². The molecule has 0 radical (unpaired) electrons. The van der Waals surface area contributed by atoms with Gasteiger partial charge in [0.25, 0.3) is 0 Å². The molecule has 4 heteroatoms. The van der Waals surface area contributed by atoms with Gasteiger partial charge in [-0.15, -0.1) is 0 Å². The Morgan fingerprint density at radius 1 is 0.829 bits per heavy atom. The number of nitrogens with one attached hydrogen (secondary N) is 1. The van der Waals surface area contributed by atoms with Crippen molar-refractivity contribution in [3.63, 3.8) is 0 Å². The SMILES string of the molecule is O=C(C[C@H](CCc1ccccc1)c1cn(Cc2ccccc2)c2ccccc12)NCc1ccco1. The van der Waals surface area contributed by atoms with Crippen LogP contribution in [0.15, 0.2) is 114 Å². The number of benzene rings is 3. The molecule has 0 fully saturated rings. The second-order valence-electron chi connectivity index (χ2n) is 9.00. The molecule has 3 aromatic carbocycles. The Labute approximate surface area is 206 Å². The lowest BCUT2D eigenvalue weighted by Gasteiger charge is -2.17. The summed E-state index contributed by atoms with van der Waals surface area (Å²) in [6.07, 6.45) is 6.15. The number of aromatic nitrogens is 1. The molecule has 4 nitrogen and oxygen atoms in total. The number of amides is 1. The van der Waals surface area contributed by atoms with Gasteiger partial charge in [0.2, 0.25) is 5.91 Å². The van der Waals surface area contributed by atoms with E-state index in [0.29, 0.717) is 13.0 Å². The minimum atomic E-state index is 0.0411. The molecule has 0 bridgehead atoms. The van der Waals surface area contributed by atoms with Crippen LogP contribution in [0.25, 0.3) is 10.9 Å². The largest absolute Gasteiger partial charge is 0.467 e. The first-order valence-corrected chi connectivity index (χ1v) is 12.2. The number of para-hydroxylation sites is 1. The zero-order chi connectivity index (χ0) is 23.9. The van der Waals surface area contributed by atoms with E-state index in [-0.39, 0.29) is 11.8 Å². The molecule has 0 spiro atoms. The van der Waals surface area contributed by atoms with Gasteiger partial charge in [0, 0.05) is 30.1 Å². The van der Waals surface area contributed by atoms with Crippen LogP contribution in [0.5, 0.6) is 0 Å². The fourth-order valence-corrected chi connectivity index (χ4v) is 4.76. The molecular formula is C31H30N2O2. The van der Waals surface area contributed by atoms with Crippen molar-refractivity contribution >= 4 is 16.8 Å². The van der Waals surface area contributed by atoms with Gasteiger partial charge in [-0.25, -0.2) is 0 Å². The Hall–Kier alpha value is -4.05. The summed E-state index contributed by atoms with van der Waals surface area (Å²) in [7, 11) is 0. The summed E-state index contributed by atoms with van der Waals surface area (Å²) in [6, 6.07) is 33.3. The lowest BCUT2D eigenvalue weighted by Crippen LogP contribution is -2.24. The molecule has 35 heavy (non-hydrogen) atoms. The average Bonchev–Trinajstić information content (AvgIpc) is 3.55. The van der Waals surface area contributed by atoms with Gasteiger partial charge in [-0.05, 0) is 53.6 Å². The highest BCUT2D eigenvalue weighted by Crippen LogP contribution is 2.33. The molecule has 0 aliphatic carbocycles. The zero-order valence-electron chi connectivity index (χ0n) is 19.8. The van der Waals surface area contributed by atoms with Gasteiger partial charge in [0.05, 0.1) is 12.8 Å². The number of hydrogen-bond donors (Lipinski definition) is 1. The minimum absolute atomic E-state index is 0.0411. The molecule has 5 rings (SSSR count). The molecule has 1 amide bonds. The van der Waals surface area contributed by atoms with Crippen molar-refractivity contribution in [1.29, 1.82) is 0 Å². The van der Waals surface area contributed by atoms with Crippen LogP contribution in [0.1, 0.15) is 41.2 Å². The molecule has 1 N–H and O–H groups in total. The number of furan rings is 1. The lowest BCUT2D eigenvalue weighted by molar-refractivity contribution is -0.121. The maximum atomic E-state index is 13.0. The minimum Gasteiger partial charge on any atom is -0.467 e. The molecule has 0 aliphatic rings. The number of hydrogen-bond acceptors (Lipinski definition) is 2. The quantitative estimate of drug-likeness (QED) is 0.251. The van der Waals surface area contributed by atoms with Crippen molar-refractivity contribution in [3.05, 3.63) is 132 Å². The van der Waals surface area contributed by atoms with Crippen LogP contribution in [-0.2, 0) is 24.3 Å². The third-order valence-corrected chi connectivity index (χ3v) is 6.55. The summed E-state index contributed by atoms with van der Waals surface area (Å²) in [5.74, 6) is 0.909. The summed E-state index contributed by atoms with van der Waals surface area (Å²) in [5.41, 5.74) is 4.99. The van der Waals surface area contributed by atoms with Crippen molar-refractivity contribution < 1.29 is 9.21 Å². The Morgan fingerprint density at radius 2 is 1.54 bits per heavy atom. The van der Waals surface area contributed by atoms with Crippen LogP contribution < -0.4 is 5.32 Å². The first-order valence-electron chi connectivity index (χ1n) is 12.2. The van der Waals surface area contributed by atoms with E-state index in [1.165, 1.54) is 27.6 Å². The van der Waals surface area contributed by atoms with Gasteiger partial charge in [0.1, 0.15) is 5.76 Å². The Morgan fingerprint density at radius 3 is 2.29 bits per heavy atom. The van der Waals surface area contributed by atoms with Crippen LogP contribution in [0.2, 0.25) is 0 Å². The van der Waals surface area contributed by atoms with E-state index in [1.54, 1.807) is 6.26 Å². The van der Waals surface area contributed by atoms with Crippen LogP contribution in [0, 0.1) is 0 Å². The topological polar surface area (TPSA) is 47.2 Å². The van der Waals surface area contributed by atoms with Gasteiger partial charge >= 0.3 is 0 Å². The molecule has 0 saturated carbocycles. The number of carbonyl (C=O) groups excluding carboxylic acids is 1. The molecule has 176 valence electrons. The molecule has 1 atom stereocenters. The van der Waals surface area contributed by atoms with Crippen LogP contribution in [0.4, 0.5) is 0 Å². The molecule has 0 aliphatic heterocycles. The molecule has 0 unspecified atom stereocenters. The number of fused-ring (bicyclic) bond motifs is 1. The van der Waals surface area contributed by atoms with E-state index in [0.717, 1.165) is 25.1 Å². The monoisotopic (exact) mass is 462 g/mol. The fourth-order valence-electron chi connectivity index (χ4n) is 4.76. The zero-order valence-corrected chi connectivity index (χ0v) is 19.8. The van der Waals surface area contributed by atoms with E-state index in [1.807, 2.05) is 24.3 Å². The second kappa shape index (κ2) is 10.9. The maximum absolute atomic E-state index is 13.0. The van der Waals surface area contributed by atoms with Crippen molar-refractivity contribution in [2.75, 3.05) is 0 Å². The highest BCUT2D eigenvalue weighted by molar-refractivity contribution is 5.86. The number of aryl methyl sites for hydroxylation is 1. The average molecular weight is 463 g/mol. The first-order chi connectivity index (χ1) is 17.3. The Bertz CT molecular complexity index is 1360. The van der Waals surface area contributed by atoms with Crippen LogP contribution >= 0.6 is 0 Å². The van der Waals surface area contributed by atoms with Crippen molar-refractivity contribution in [2.24, 2.45) is 0 Å². The van der Waals surface area contributed by atoms with Crippen molar-refractivity contribution in [1.82, 2.24) is 9.88 Å². The fraction of sp³-hybridized carbons (Fsp3) is 0.194. The second-order valence-corrected chi connectivity index (χ2v) is 9.00. The van der Waals surface area contributed by atoms with E-state index in [9.17, 15) is 4.79 Å². The summed E-state index contributed by atoms with van der Waals surface area (Å²) in [6.45, 7) is 1.21. The molecule has 0 saturated heterocycles. The normalized spacial score (nSPS) is 12.0. The van der Waals surface area contributed by atoms with Gasteiger partial charge in [0.15, 0.2) is 0 Å². The summed E-state index contributed by atoms with van der Waals surface area (Å²) in [4.78, 5) is 13.0. The molecule has 5 aromatic rings. The summed E-state index contributed by atoms with van der Waals surface area (Å²) < 4.78 is 7.69. The van der Waals surface area contributed by atoms with E-state index >= 15 is 0 Å². The molecular weight excluding hydrogens is 432 g/mol. The van der Waals surface area contributed by atoms with E-state index in [4.69, 9.17) is 4.42 Å². The van der Waals surface area contributed by atoms with Gasteiger partial charge in [-0.3, -0.25) is 4.79 Å². The smallest absolute Gasteiger partial charge is 0.220 e. The Kier molecular flexibility index (Phi) is 7.09. The van der Waals surface area contributed by atoms with Crippen molar-refractivity contribution in [2.45, 2.75) is 38.3 Å². The molecule has 2 aromatic heterocycles. The summed E-state index contributed by atoms with van der Waals surface area (Å²) in [5, 5.41) is 4.26. The third kappa shape index (κ3) is 5.72. The van der Waals surface area contributed by atoms with E-state index < -0.39 is 0 Å². The lowest BCUT2D eigenvalue weighted by atomic mass is 9.89. The third-order valence-electron chi connectivity index (χ3n) is 6.55. The van der Waals surface area contributed by atoms with Gasteiger partial charge in [-0.1, -0.05) is 78.9 Å². The van der Waals surface area contributed by atoms with Crippen LogP contribution in [-0.4, -0.2) is 10.5 Å². The Balaban J connectivity index is 1.42. The number of nitrogens with zero attached hydrogens (tertiary/aromatic N) is 1. The predicted octanol–water partition coefficient (Wildman–Crippen LogP) is 6.71. The van der Waals surface area contributed by atoms with Crippen molar-refractivity contribution in [3.8, 4) is 0 Å². The first kappa shape index (κ1) is 22.7. The van der Waals surface area contributed by atoms with E-state index in [2.05, 4.69) is 88.9 Å². The highest BCUT2D eigenvalue weighted by Gasteiger charge is 2.21. The summed E-state index contributed by atoms with van der Waals surface area (Å²) >= 11 is 0. The number of carbonyl (C=O) groups is 1. The van der Waals surface area contributed by atoms with Gasteiger partial charge in [-0.2, -0.15) is 0 Å². The number of rotatable bonds is 10. The standard InChI is InChI=1S/C31H30N2O2/c34-31(32-21-27-14-9-19-35-27)20-26(18-17-24-10-3-1-4-11-24)29-23-33(22-25-12-5-2-6-13-25)30-16-8-7-15-28(29)30/h1-16,19,23,26H,17-18,20-22H2,(H,32,34)/t26-/m0/s1. The maximum Gasteiger partial charge on any atom is 0.220 e. The highest BCUT2D eigenvalue weighted by atomic mass is 16.3.